The minimum atomic E-state index is -0.274. The topological polar surface area (TPSA) is 21.3 Å². The van der Waals surface area contributed by atoms with Crippen molar-refractivity contribution in [3.05, 3.63) is 57.3 Å². The number of rotatable bonds is 5. The second-order valence-corrected chi connectivity index (χ2v) is 5.90. The van der Waals surface area contributed by atoms with E-state index in [2.05, 4.69) is 21.2 Å². The maximum atomic E-state index is 13.3. The lowest BCUT2D eigenvalue weighted by molar-refractivity contribution is 0.341. The molecular formula is C16H16BrClFNO. The van der Waals surface area contributed by atoms with Crippen LogP contribution in [0.25, 0.3) is 0 Å². The minimum absolute atomic E-state index is 0.0143. The fourth-order valence-electron chi connectivity index (χ4n) is 1.99. The van der Waals surface area contributed by atoms with Gasteiger partial charge in [0.1, 0.15) is 11.6 Å². The van der Waals surface area contributed by atoms with Gasteiger partial charge >= 0.3 is 0 Å². The van der Waals surface area contributed by atoms with Gasteiger partial charge < -0.3 is 10.1 Å². The van der Waals surface area contributed by atoms with Crippen molar-refractivity contribution in [3.63, 3.8) is 0 Å². The third kappa shape index (κ3) is 4.11. The summed E-state index contributed by atoms with van der Waals surface area (Å²) in [6.07, 6.45) is 0. The summed E-state index contributed by atoms with van der Waals surface area (Å²) in [7, 11) is 0. The molecule has 2 nitrogen and oxygen atoms in total. The maximum Gasteiger partial charge on any atom is 0.142 e. The van der Waals surface area contributed by atoms with Crippen LogP contribution in [-0.4, -0.2) is 6.61 Å². The van der Waals surface area contributed by atoms with E-state index in [9.17, 15) is 4.39 Å². The standard InChI is InChI=1S/C16H16BrClFNO/c1-3-21-16-7-5-12(18)9-15(16)20-10(2)11-4-6-14(19)13(17)8-11/h4-10,20H,3H2,1-2H3. The molecule has 1 N–H and O–H groups in total. The quantitative estimate of drug-likeness (QED) is 0.714. The lowest BCUT2D eigenvalue weighted by Crippen LogP contribution is -2.08. The zero-order chi connectivity index (χ0) is 15.4. The van der Waals surface area contributed by atoms with Crippen molar-refractivity contribution < 1.29 is 9.13 Å². The number of hydrogen-bond acceptors (Lipinski definition) is 2. The van der Waals surface area contributed by atoms with E-state index in [-0.39, 0.29) is 11.9 Å². The van der Waals surface area contributed by atoms with Gasteiger partial charge in [-0.2, -0.15) is 0 Å². The molecule has 0 saturated carbocycles. The highest BCUT2D eigenvalue weighted by Crippen LogP contribution is 2.32. The Bertz CT molecular complexity index is 636. The van der Waals surface area contributed by atoms with Crippen molar-refractivity contribution in [2.24, 2.45) is 0 Å². The molecule has 0 saturated heterocycles. The van der Waals surface area contributed by atoms with Crippen LogP contribution in [0.2, 0.25) is 5.02 Å². The lowest BCUT2D eigenvalue weighted by atomic mass is 10.1. The van der Waals surface area contributed by atoms with Crippen LogP contribution in [0.4, 0.5) is 10.1 Å². The molecule has 1 atom stereocenters. The fraction of sp³-hybridized carbons (Fsp3) is 0.250. The highest BCUT2D eigenvalue weighted by Gasteiger charge is 2.11. The molecular weight excluding hydrogens is 357 g/mol. The van der Waals surface area contributed by atoms with Gasteiger partial charge in [-0.3, -0.25) is 0 Å². The summed E-state index contributed by atoms with van der Waals surface area (Å²) >= 11 is 9.24. The average molecular weight is 373 g/mol. The van der Waals surface area contributed by atoms with Crippen LogP contribution in [-0.2, 0) is 0 Å². The van der Waals surface area contributed by atoms with Crippen LogP contribution in [0.5, 0.6) is 5.75 Å². The second-order valence-electron chi connectivity index (χ2n) is 4.61. The van der Waals surface area contributed by atoms with Crippen LogP contribution < -0.4 is 10.1 Å². The molecule has 0 amide bonds. The van der Waals surface area contributed by atoms with Crippen LogP contribution >= 0.6 is 27.5 Å². The van der Waals surface area contributed by atoms with Gasteiger partial charge in [0.25, 0.3) is 0 Å². The summed E-state index contributed by atoms with van der Waals surface area (Å²) in [4.78, 5) is 0. The summed E-state index contributed by atoms with van der Waals surface area (Å²) < 4.78 is 19.3. The predicted octanol–water partition coefficient (Wildman–Crippen LogP) is 5.81. The molecule has 2 aromatic carbocycles. The van der Waals surface area contributed by atoms with Crippen LogP contribution in [0, 0.1) is 5.82 Å². The van der Waals surface area contributed by atoms with E-state index >= 15 is 0 Å². The Labute approximate surface area is 137 Å². The molecule has 0 spiro atoms. The monoisotopic (exact) mass is 371 g/mol. The summed E-state index contributed by atoms with van der Waals surface area (Å²) in [5.41, 5.74) is 1.78. The molecule has 0 aliphatic rings. The zero-order valence-corrected chi connectivity index (χ0v) is 14.1. The highest BCUT2D eigenvalue weighted by atomic mass is 79.9. The zero-order valence-electron chi connectivity index (χ0n) is 11.8. The first-order valence-electron chi connectivity index (χ1n) is 6.65. The van der Waals surface area contributed by atoms with E-state index in [1.165, 1.54) is 6.07 Å². The Hall–Kier alpha value is -1.26. The van der Waals surface area contributed by atoms with Crippen molar-refractivity contribution in [3.8, 4) is 5.75 Å². The number of ether oxygens (including phenoxy) is 1. The Morgan fingerprint density at radius 2 is 2.05 bits per heavy atom. The molecule has 0 bridgehead atoms. The lowest BCUT2D eigenvalue weighted by Gasteiger charge is -2.19. The van der Waals surface area contributed by atoms with E-state index in [1.54, 1.807) is 18.2 Å². The van der Waals surface area contributed by atoms with Gasteiger partial charge in [0.05, 0.1) is 16.8 Å². The molecule has 0 aliphatic carbocycles. The van der Waals surface area contributed by atoms with Gasteiger partial charge in [-0.15, -0.1) is 0 Å². The third-order valence-corrected chi connectivity index (χ3v) is 3.90. The first-order valence-corrected chi connectivity index (χ1v) is 7.82. The molecule has 5 heteroatoms. The van der Waals surface area contributed by atoms with Gasteiger partial charge in [0.15, 0.2) is 0 Å². The first-order chi connectivity index (χ1) is 10.0. The maximum absolute atomic E-state index is 13.3. The summed E-state index contributed by atoms with van der Waals surface area (Å²) in [6, 6.07) is 10.4. The summed E-state index contributed by atoms with van der Waals surface area (Å²) in [6.45, 7) is 4.50. The van der Waals surface area contributed by atoms with Crippen molar-refractivity contribution >= 4 is 33.2 Å². The molecule has 0 heterocycles. The van der Waals surface area contributed by atoms with Crippen LogP contribution in [0.3, 0.4) is 0 Å². The molecule has 0 radical (unpaired) electrons. The smallest absolute Gasteiger partial charge is 0.142 e. The fourth-order valence-corrected chi connectivity index (χ4v) is 2.56. The Balaban J connectivity index is 2.24. The number of anilines is 1. The molecule has 0 aromatic heterocycles. The predicted molar refractivity (Wildman–Crippen MR) is 88.8 cm³/mol. The van der Waals surface area contributed by atoms with Crippen molar-refractivity contribution in [1.82, 2.24) is 0 Å². The molecule has 0 fully saturated rings. The Morgan fingerprint density at radius 1 is 1.29 bits per heavy atom. The van der Waals surface area contributed by atoms with Gasteiger partial charge in [0, 0.05) is 11.1 Å². The SMILES string of the molecule is CCOc1ccc(Cl)cc1NC(C)c1ccc(F)c(Br)c1. The summed E-state index contributed by atoms with van der Waals surface area (Å²) in [5, 5.41) is 3.98. The normalized spacial score (nSPS) is 12.0. The van der Waals surface area contributed by atoms with Gasteiger partial charge in [-0.25, -0.2) is 4.39 Å². The first kappa shape index (κ1) is 16.1. The summed E-state index contributed by atoms with van der Waals surface area (Å²) in [5.74, 6) is 0.471. The van der Waals surface area contributed by atoms with E-state index in [0.717, 1.165) is 17.0 Å². The molecule has 2 aromatic rings. The largest absolute Gasteiger partial charge is 0.492 e. The number of nitrogens with one attached hydrogen (secondary N) is 1. The van der Waals surface area contributed by atoms with E-state index in [4.69, 9.17) is 16.3 Å². The number of hydrogen-bond donors (Lipinski definition) is 1. The third-order valence-electron chi connectivity index (χ3n) is 3.06. The van der Waals surface area contributed by atoms with Crippen molar-refractivity contribution in [2.45, 2.75) is 19.9 Å². The minimum Gasteiger partial charge on any atom is -0.492 e. The van der Waals surface area contributed by atoms with E-state index in [0.29, 0.717) is 16.1 Å². The average Bonchev–Trinajstić information content (AvgIpc) is 2.45. The highest BCUT2D eigenvalue weighted by molar-refractivity contribution is 9.10. The Morgan fingerprint density at radius 3 is 2.71 bits per heavy atom. The molecule has 112 valence electrons. The molecule has 2 rings (SSSR count). The molecule has 0 aliphatic heterocycles. The number of benzene rings is 2. The van der Waals surface area contributed by atoms with Crippen LogP contribution in [0.1, 0.15) is 25.5 Å². The Kier molecular flexibility index (Phi) is 5.48. The van der Waals surface area contributed by atoms with Crippen molar-refractivity contribution in [1.29, 1.82) is 0 Å². The molecule has 1 unspecified atom stereocenters. The second kappa shape index (κ2) is 7.14. The van der Waals surface area contributed by atoms with Crippen LogP contribution in [0.15, 0.2) is 40.9 Å². The van der Waals surface area contributed by atoms with Crippen molar-refractivity contribution in [2.75, 3.05) is 11.9 Å². The van der Waals surface area contributed by atoms with E-state index in [1.807, 2.05) is 26.0 Å². The van der Waals surface area contributed by atoms with Gasteiger partial charge in [-0.1, -0.05) is 17.7 Å². The number of halogens is 3. The van der Waals surface area contributed by atoms with Gasteiger partial charge in [-0.05, 0) is 65.7 Å². The van der Waals surface area contributed by atoms with E-state index < -0.39 is 0 Å². The molecule has 21 heavy (non-hydrogen) atoms. The van der Waals surface area contributed by atoms with Gasteiger partial charge in [0.2, 0.25) is 0 Å².